The molecule has 0 spiro atoms. The van der Waals surface area contributed by atoms with E-state index in [2.05, 4.69) is 213 Å². The van der Waals surface area contributed by atoms with Gasteiger partial charge in [-0.05, 0) is 156 Å². The third-order valence-corrected chi connectivity index (χ3v) is 16.9. The Morgan fingerprint density at radius 3 is 0.953 bits per heavy atom. The van der Waals surface area contributed by atoms with Gasteiger partial charge in [0.2, 0.25) is 0 Å². The SMILES string of the molecule is CC1(C)c2ccccc2-c2ccc3c(c21)C(C)(C)c1ccc(-c2ccc4ccc5c(-c6ccc7c(c6)-c6ccc8c(c6C7(C)C)C(C)(C)c6ccccc6-8)ccc6ccc2c4c65)cc1-3. The van der Waals surface area contributed by atoms with E-state index in [1.54, 1.807) is 0 Å². The van der Waals surface area contributed by atoms with Crippen molar-refractivity contribution in [2.45, 2.75) is 77.0 Å². The molecule has 0 heterocycles. The fraction of sp³-hybridized carbons (Fsp3) is 0.188. The molecule has 64 heavy (non-hydrogen) atoms. The van der Waals surface area contributed by atoms with Crippen molar-refractivity contribution in [3.63, 3.8) is 0 Å². The first-order chi connectivity index (χ1) is 30.8. The standard InChI is InChI=1S/C64H50/c1-61(2)51-15-11-9-13-41(51)45-27-29-47-49-33-37(21-31-53(49)63(5,6)59(47)57(45)61)39-23-17-35-20-26-44-40(24-18-36-19-25-43(39)55(35)56(36)44)38-22-32-54-50(34-38)48-30-28-46-42-14-10-12-16-52(42)62(3,4)58(46)60(48)64(54,7)8/h9-34H,1-8H3. The highest BCUT2D eigenvalue weighted by atomic mass is 14.5. The molecule has 10 aromatic rings. The predicted octanol–water partition coefficient (Wildman–Crippen LogP) is 17.1. The van der Waals surface area contributed by atoms with Gasteiger partial charge >= 0.3 is 0 Å². The minimum atomic E-state index is -0.106. The molecule has 4 aliphatic carbocycles. The van der Waals surface area contributed by atoms with Gasteiger partial charge in [0.1, 0.15) is 0 Å². The molecule has 0 aromatic heterocycles. The lowest BCUT2D eigenvalue weighted by molar-refractivity contribution is 0.601. The van der Waals surface area contributed by atoms with Crippen LogP contribution in [0, 0.1) is 0 Å². The predicted molar refractivity (Wildman–Crippen MR) is 271 cm³/mol. The van der Waals surface area contributed by atoms with Gasteiger partial charge in [-0.1, -0.05) is 201 Å². The largest absolute Gasteiger partial charge is 0.0619 e. The van der Waals surface area contributed by atoms with Crippen molar-refractivity contribution < 1.29 is 0 Å². The van der Waals surface area contributed by atoms with Crippen molar-refractivity contribution in [1.82, 2.24) is 0 Å². The van der Waals surface area contributed by atoms with Crippen molar-refractivity contribution in [2.75, 3.05) is 0 Å². The summed E-state index contributed by atoms with van der Waals surface area (Å²) >= 11 is 0. The summed E-state index contributed by atoms with van der Waals surface area (Å²) in [6, 6.07) is 61.3. The molecule has 306 valence electrons. The molecule has 0 unspecified atom stereocenters. The molecule has 0 heteroatoms. The summed E-state index contributed by atoms with van der Waals surface area (Å²) < 4.78 is 0. The first-order valence-electron chi connectivity index (χ1n) is 23.3. The molecular weight excluding hydrogens is 769 g/mol. The minimum Gasteiger partial charge on any atom is -0.0619 e. The van der Waals surface area contributed by atoms with E-state index in [1.165, 1.54) is 144 Å². The van der Waals surface area contributed by atoms with Crippen LogP contribution < -0.4 is 0 Å². The molecule has 0 bridgehead atoms. The Morgan fingerprint density at radius 2 is 0.562 bits per heavy atom. The first-order valence-corrected chi connectivity index (χ1v) is 23.3. The Morgan fingerprint density at radius 1 is 0.250 bits per heavy atom. The lowest BCUT2D eigenvalue weighted by Crippen LogP contribution is -2.24. The average Bonchev–Trinajstić information content (AvgIpc) is 3.87. The molecule has 10 aromatic carbocycles. The smallest absolute Gasteiger partial charge is 0.0162 e. The van der Waals surface area contributed by atoms with E-state index in [9.17, 15) is 0 Å². The second-order valence-electron chi connectivity index (χ2n) is 21.6. The second-order valence-corrected chi connectivity index (χ2v) is 21.6. The maximum atomic E-state index is 2.50. The van der Waals surface area contributed by atoms with Crippen LogP contribution in [0.3, 0.4) is 0 Å². The number of hydrogen-bond donors (Lipinski definition) is 0. The molecule has 0 radical (unpaired) electrons. The molecule has 0 fully saturated rings. The fourth-order valence-electron chi connectivity index (χ4n) is 14.0. The van der Waals surface area contributed by atoms with Crippen molar-refractivity contribution in [2.24, 2.45) is 0 Å². The Hall–Kier alpha value is -6.76. The number of benzene rings is 10. The van der Waals surface area contributed by atoms with Crippen LogP contribution in [0.25, 0.3) is 99.1 Å². The number of rotatable bonds is 2. The normalized spacial score (nSPS) is 16.9. The van der Waals surface area contributed by atoms with Gasteiger partial charge in [0.05, 0.1) is 0 Å². The maximum absolute atomic E-state index is 2.50. The van der Waals surface area contributed by atoms with Crippen molar-refractivity contribution in [3.8, 4) is 66.8 Å². The molecule has 0 nitrogen and oxygen atoms in total. The van der Waals surface area contributed by atoms with E-state index < -0.39 is 0 Å². The van der Waals surface area contributed by atoms with E-state index in [4.69, 9.17) is 0 Å². The lowest BCUT2D eigenvalue weighted by atomic mass is 9.72. The van der Waals surface area contributed by atoms with Crippen LogP contribution in [0.1, 0.15) is 99.9 Å². The van der Waals surface area contributed by atoms with Crippen molar-refractivity contribution in [1.29, 1.82) is 0 Å². The third kappa shape index (κ3) is 4.26. The maximum Gasteiger partial charge on any atom is 0.0162 e. The van der Waals surface area contributed by atoms with Gasteiger partial charge in [-0.2, -0.15) is 0 Å². The van der Waals surface area contributed by atoms with E-state index in [1.807, 2.05) is 0 Å². The summed E-state index contributed by atoms with van der Waals surface area (Å²) in [5.74, 6) is 0. The van der Waals surface area contributed by atoms with E-state index in [-0.39, 0.29) is 21.7 Å². The van der Waals surface area contributed by atoms with Gasteiger partial charge in [0.25, 0.3) is 0 Å². The van der Waals surface area contributed by atoms with Crippen LogP contribution in [0.4, 0.5) is 0 Å². The quantitative estimate of drug-likeness (QED) is 0.152. The Balaban J connectivity index is 0.915. The van der Waals surface area contributed by atoms with Crippen molar-refractivity contribution >= 4 is 32.3 Å². The van der Waals surface area contributed by atoms with Gasteiger partial charge in [0, 0.05) is 21.7 Å². The van der Waals surface area contributed by atoms with Gasteiger partial charge in [0.15, 0.2) is 0 Å². The zero-order chi connectivity index (χ0) is 43.4. The van der Waals surface area contributed by atoms with Crippen LogP contribution in [-0.4, -0.2) is 0 Å². The first kappa shape index (κ1) is 36.7. The summed E-state index contributed by atoms with van der Waals surface area (Å²) in [4.78, 5) is 0. The van der Waals surface area contributed by atoms with Crippen LogP contribution >= 0.6 is 0 Å². The highest BCUT2D eigenvalue weighted by molar-refractivity contribution is 6.27. The summed E-state index contributed by atoms with van der Waals surface area (Å²) in [6.45, 7) is 19.5. The Bertz CT molecular complexity index is 3520. The minimum absolute atomic E-state index is 0.0598. The number of fused-ring (bicyclic) bond motifs is 14. The van der Waals surface area contributed by atoms with E-state index >= 15 is 0 Å². The zero-order valence-electron chi connectivity index (χ0n) is 38.0. The average molecular weight is 819 g/mol. The zero-order valence-corrected chi connectivity index (χ0v) is 38.0. The lowest BCUT2D eigenvalue weighted by Gasteiger charge is -2.30. The van der Waals surface area contributed by atoms with Gasteiger partial charge < -0.3 is 0 Å². The molecule has 0 aliphatic heterocycles. The van der Waals surface area contributed by atoms with Crippen molar-refractivity contribution in [3.05, 3.63) is 202 Å². The van der Waals surface area contributed by atoms with Gasteiger partial charge in [-0.25, -0.2) is 0 Å². The summed E-state index contributed by atoms with van der Waals surface area (Å²) in [5, 5.41) is 7.94. The van der Waals surface area contributed by atoms with Crippen LogP contribution in [0.2, 0.25) is 0 Å². The molecular formula is C64H50. The van der Waals surface area contributed by atoms with Crippen LogP contribution in [-0.2, 0) is 21.7 Å². The molecule has 0 atom stereocenters. The summed E-state index contributed by atoms with van der Waals surface area (Å²) in [5.41, 5.74) is 27.6. The second kappa shape index (κ2) is 11.7. The summed E-state index contributed by atoms with van der Waals surface area (Å²) in [6.07, 6.45) is 0. The molecule has 0 amide bonds. The van der Waals surface area contributed by atoms with E-state index in [0.29, 0.717) is 0 Å². The summed E-state index contributed by atoms with van der Waals surface area (Å²) in [7, 11) is 0. The van der Waals surface area contributed by atoms with Crippen LogP contribution in [0.5, 0.6) is 0 Å². The molecule has 4 aliphatic rings. The highest BCUT2D eigenvalue weighted by Crippen LogP contribution is 2.61. The molecule has 0 saturated carbocycles. The monoisotopic (exact) mass is 818 g/mol. The molecule has 0 N–H and O–H groups in total. The fourth-order valence-corrected chi connectivity index (χ4v) is 14.0. The van der Waals surface area contributed by atoms with Gasteiger partial charge in [-0.3, -0.25) is 0 Å². The molecule has 14 rings (SSSR count). The van der Waals surface area contributed by atoms with Gasteiger partial charge in [-0.15, -0.1) is 0 Å². The number of hydrogen-bond acceptors (Lipinski definition) is 0. The van der Waals surface area contributed by atoms with Crippen LogP contribution in [0.15, 0.2) is 158 Å². The highest BCUT2D eigenvalue weighted by Gasteiger charge is 2.47. The van der Waals surface area contributed by atoms with E-state index in [0.717, 1.165) is 0 Å². The topological polar surface area (TPSA) is 0 Å². The Kier molecular flexibility index (Phi) is 6.69. The Labute approximate surface area is 376 Å². The third-order valence-electron chi connectivity index (χ3n) is 16.9. The molecule has 0 saturated heterocycles.